The highest BCUT2D eigenvalue weighted by molar-refractivity contribution is 5.38. The molecule has 1 N–H and O–H groups in total. The molecule has 21 heavy (non-hydrogen) atoms. The van der Waals surface area contributed by atoms with E-state index in [4.69, 9.17) is 4.74 Å². The molecular formula is C18H29NO2. The summed E-state index contributed by atoms with van der Waals surface area (Å²) in [6.07, 6.45) is 4.70. The molecule has 3 atom stereocenters. The van der Waals surface area contributed by atoms with Crippen LogP contribution >= 0.6 is 0 Å². The predicted octanol–water partition coefficient (Wildman–Crippen LogP) is 3.55. The largest absolute Gasteiger partial charge is 0.496 e. The average molecular weight is 291 g/mol. The second-order valence-electron chi connectivity index (χ2n) is 6.53. The summed E-state index contributed by atoms with van der Waals surface area (Å²) in [5.41, 5.74) is 2.05. The van der Waals surface area contributed by atoms with Crippen molar-refractivity contribution in [2.24, 2.45) is 5.92 Å². The smallest absolute Gasteiger partial charge is 0.124 e. The van der Waals surface area contributed by atoms with Crippen LogP contribution in [0.15, 0.2) is 18.2 Å². The van der Waals surface area contributed by atoms with Gasteiger partial charge >= 0.3 is 0 Å². The summed E-state index contributed by atoms with van der Waals surface area (Å²) < 4.78 is 5.39. The van der Waals surface area contributed by atoms with Gasteiger partial charge in [-0.2, -0.15) is 0 Å². The number of aryl methyl sites for hydroxylation is 1. The van der Waals surface area contributed by atoms with Crippen molar-refractivity contribution in [2.75, 3.05) is 20.7 Å². The van der Waals surface area contributed by atoms with E-state index in [1.807, 2.05) is 25.1 Å². The maximum atomic E-state index is 10.6. The van der Waals surface area contributed by atoms with E-state index in [1.54, 1.807) is 7.11 Å². The fourth-order valence-corrected chi connectivity index (χ4v) is 3.57. The Morgan fingerprint density at radius 2 is 2.05 bits per heavy atom. The van der Waals surface area contributed by atoms with Crippen molar-refractivity contribution in [3.05, 3.63) is 29.3 Å². The fourth-order valence-electron chi connectivity index (χ4n) is 3.57. The average Bonchev–Trinajstić information content (AvgIpc) is 2.47. The Labute approximate surface area is 128 Å². The van der Waals surface area contributed by atoms with Crippen molar-refractivity contribution >= 4 is 0 Å². The number of rotatable bonds is 5. The van der Waals surface area contributed by atoms with Crippen molar-refractivity contribution < 1.29 is 9.84 Å². The highest BCUT2D eigenvalue weighted by Crippen LogP contribution is 2.31. The molecule has 2 rings (SSSR count). The second-order valence-corrected chi connectivity index (χ2v) is 6.53. The van der Waals surface area contributed by atoms with Crippen molar-refractivity contribution in [3.8, 4) is 5.75 Å². The number of likely N-dealkylation sites (N-methyl/N-ethyl adjacent to an activating group) is 1. The number of aliphatic hydroxyl groups is 1. The quantitative estimate of drug-likeness (QED) is 0.900. The molecule has 3 unspecified atom stereocenters. The van der Waals surface area contributed by atoms with Crippen LogP contribution in [0.5, 0.6) is 5.75 Å². The topological polar surface area (TPSA) is 32.7 Å². The molecule has 0 aliphatic heterocycles. The zero-order valence-electron chi connectivity index (χ0n) is 13.8. The van der Waals surface area contributed by atoms with Gasteiger partial charge in [-0.05, 0) is 44.9 Å². The molecule has 0 amide bonds. The van der Waals surface area contributed by atoms with Crippen LogP contribution in [0, 0.1) is 12.8 Å². The summed E-state index contributed by atoms with van der Waals surface area (Å²) in [4.78, 5) is 2.33. The number of ether oxygens (including phenoxy) is 1. The Morgan fingerprint density at radius 1 is 1.33 bits per heavy atom. The van der Waals surface area contributed by atoms with Crippen LogP contribution < -0.4 is 4.74 Å². The molecule has 118 valence electrons. The Morgan fingerprint density at radius 3 is 2.71 bits per heavy atom. The van der Waals surface area contributed by atoms with E-state index in [2.05, 4.69) is 18.9 Å². The molecule has 0 heterocycles. The third kappa shape index (κ3) is 3.98. The maximum Gasteiger partial charge on any atom is 0.124 e. The first-order chi connectivity index (χ1) is 10.0. The van der Waals surface area contributed by atoms with Gasteiger partial charge in [0.05, 0.1) is 13.2 Å². The van der Waals surface area contributed by atoms with Crippen LogP contribution in [0.2, 0.25) is 0 Å². The molecule has 1 aromatic rings. The lowest BCUT2D eigenvalue weighted by atomic mass is 9.85. The third-order valence-corrected chi connectivity index (χ3v) is 4.84. The second kappa shape index (κ2) is 7.28. The lowest BCUT2D eigenvalue weighted by Gasteiger charge is -2.37. The van der Waals surface area contributed by atoms with Crippen molar-refractivity contribution in [3.63, 3.8) is 0 Å². The minimum Gasteiger partial charge on any atom is -0.496 e. The van der Waals surface area contributed by atoms with Crippen LogP contribution in [0.25, 0.3) is 0 Å². The van der Waals surface area contributed by atoms with Crippen molar-refractivity contribution in [1.82, 2.24) is 4.90 Å². The molecule has 0 aromatic heterocycles. The van der Waals surface area contributed by atoms with Crippen LogP contribution in [0.1, 0.15) is 49.8 Å². The molecule has 1 aliphatic carbocycles. The first-order valence-electron chi connectivity index (χ1n) is 8.05. The first kappa shape index (κ1) is 16.3. The van der Waals surface area contributed by atoms with Gasteiger partial charge in [0.2, 0.25) is 0 Å². The lowest BCUT2D eigenvalue weighted by Crippen LogP contribution is -2.41. The minimum atomic E-state index is -0.501. The van der Waals surface area contributed by atoms with E-state index < -0.39 is 6.10 Å². The van der Waals surface area contributed by atoms with Crippen molar-refractivity contribution in [2.45, 2.75) is 51.7 Å². The Hall–Kier alpha value is -1.06. The highest BCUT2D eigenvalue weighted by Gasteiger charge is 2.27. The summed E-state index contributed by atoms with van der Waals surface area (Å²) in [6, 6.07) is 6.57. The van der Waals surface area contributed by atoms with Gasteiger partial charge in [-0.3, -0.25) is 0 Å². The molecule has 0 bridgehead atoms. The number of methoxy groups -OCH3 is 1. The molecule has 1 saturated carbocycles. The molecule has 0 spiro atoms. The summed E-state index contributed by atoms with van der Waals surface area (Å²) in [6.45, 7) is 5.04. The first-order valence-corrected chi connectivity index (χ1v) is 8.05. The monoisotopic (exact) mass is 291 g/mol. The Kier molecular flexibility index (Phi) is 5.65. The minimum absolute atomic E-state index is 0.501. The number of benzene rings is 1. The van der Waals surface area contributed by atoms with Gasteiger partial charge in [-0.25, -0.2) is 0 Å². The standard InChI is InChI=1S/C18H29NO2/c1-13-9-10-18(21-4)15(11-13)17(20)12-19(3)16-8-6-5-7-14(16)2/h9-11,14,16-17,20H,5-8,12H2,1-4H3. The third-order valence-electron chi connectivity index (χ3n) is 4.84. The lowest BCUT2D eigenvalue weighted by molar-refractivity contribution is 0.0697. The Bertz CT molecular complexity index is 461. The van der Waals surface area contributed by atoms with Crippen LogP contribution in [0.3, 0.4) is 0 Å². The molecule has 0 radical (unpaired) electrons. The summed E-state index contributed by atoms with van der Waals surface area (Å²) >= 11 is 0. The van der Waals surface area contributed by atoms with Gasteiger partial charge in [0, 0.05) is 18.2 Å². The van der Waals surface area contributed by atoms with Gasteiger partial charge in [0.1, 0.15) is 5.75 Å². The summed E-state index contributed by atoms with van der Waals surface area (Å²) in [5.74, 6) is 1.49. The molecule has 1 aliphatic rings. The van der Waals surface area contributed by atoms with Gasteiger partial charge in [0.25, 0.3) is 0 Å². The van der Waals surface area contributed by atoms with E-state index in [1.165, 1.54) is 25.7 Å². The van der Waals surface area contributed by atoms with Gasteiger partial charge in [0.15, 0.2) is 0 Å². The summed E-state index contributed by atoms with van der Waals surface area (Å²) in [7, 11) is 3.80. The van der Waals surface area contributed by atoms with E-state index in [0.29, 0.717) is 12.6 Å². The number of hydrogen-bond donors (Lipinski definition) is 1. The number of aliphatic hydroxyl groups excluding tert-OH is 1. The van der Waals surface area contributed by atoms with Gasteiger partial charge < -0.3 is 14.7 Å². The fraction of sp³-hybridized carbons (Fsp3) is 0.667. The van der Waals surface area contributed by atoms with E-state index in [0.717, 1.165) is 22.8 Å². The molecule has 3 heteroatoms. The predicted molar refractivity (Wildman–Crippen MR) is 86.7 cm³/mol. The normalized spacial score (nSPS) is 24.1. The number of hydrogen-bond acceptors (Lipinski definition) is 3. The zero-order valence-corrected chi connectivity index (χ0v) is 13.8. The summed E-state index contributed by atoms with van der Waals surface area (Å²) in [5, 5.41) is 10.6. The van der Waals surface area contributed by atoms with Gasteiger partial charge in [-0.15, -0.1) is 0 Å². The molecule has 1 fully saturated rings. The van der Waals surface area contributed by atoms with Crippen LogP contribution in [-0.4, -0.2) is 36.8 Å². The van der Waals surface area contributed by atoms with Crippen LogP contribution in [-0.2, 0) is 0 Å². The number of nitrogens with zero attached hydrogens (tertiary/aromatic N) is 1. The van der Waals surface area contributed by atoms with E-state index in [-0.39, 0.29) is 0 Å². The molecule has 3 nitrogen and oxygen atoms in total. The molecular weight excluding hydrogens is 262 g/mol. The molecule has 0 saturated heterocycles. The zero-order chi connectivity index (χ0) is 15.4. The van der Waals surface area contributed by atoms with E-state index >= 15 is 0 Å². The molecule has 1 aromatic carbocycles. The SMILES string of the molecule is COc1ccc(C)cc1C(O)CN(C)C1CCCCC1C. The Balaban J connectivity index is 2.06. The van der Waals surface area contributed by atoms with Gasteiger partial charge in [-0.1, -0.05) is 31.4 Å². The maximum absolute atomic E-state index is 10.6. The van der Waals surface area contributed by atoms with Crippen LogP contribution in [0.4, 0.5) is 0 Å². The van der Waals surface area contributed by atoms with Crippen molar-refractivity contribution in [1.29, 1.82) is 0 Å². The van der Waals surface area contributed by atoms with E-state index in [9.17, 15) is 5.11 Å². The highest BCUT2D eigenvalue weighted by atomic mass is 16.5.